The van der Waals surface area contributed by atoms with Gasteiger partial charge in [-0.3, -0.25) is 9.98 Å². The molecular weight excluding hydrogens is 446 g/mol. The first-order valence-corrected chi connectivity index (χ1v) is 11.7. The number of para-hydroxylation sites is 1. The summed E-state index contributed by atoms with van der Waals surface area (Å²) in [5.41, 5.74) is 6.68. The van der Waals surface area contributed by atoms with Crippen LogP contribution >= 0.6 is 0 Å². The van der Waals surface area contributed by atoms with Crippen LogP contribution in [-0.4, -0.2) is 29.5 Å². The third-order valence-corrected chi connectivity index (χ3v) is 6.14. The zero-order valence-electron chi connectivity index (χ0n) is 19.9. The topological polar surface area (TPSA) is 85.3 Å². The molecule has 6 aromatic rings. The molecule has 0 saturated heterocycles. The van der Waals surface area contributed by atoms with Crippen LogP contribution in [0.1, 0.15) is 11.4 Å². The smallest absolute Gasteiger partial charge is 0.239 e. The molecular formula is C29H23N7. The molecule has 3 heterocycles. The Kier molecular flexibility index (Phi) is 5.22. The summed E-state index contributed by atoms with van der Waals surface area (Å²) in [7, 11) is 0. The maximum Gasteiger partial charge on any atom is 0.239 e. The Bertz CT molecular complexity index is 1750. The molecule has 0 bridgehead atoms. The minimum absolute atomic E-state index is 0.264. The fourth-order valence-electron chi connectivity index (χ4n) is 4.57. The van der Waals surface area contributed by atoms with E-state index in [4.69, 9.17) is 4.98 Å². The van der Waals surface area contributed by atoms with Crippen LogP contribution in [0.5, 0.6) is 0 Å². The second-order valence-corrected chi connectivity index (χ2v) is 8.62. The summed E-state index contributed by atoms with van der Waals surface area (Å²) in [6.07, 6.45) is 0. The number of nitrogens with one attached hydrogen (secondary N) is 1. The summed E-state index contributed by atoms with van der Waals surface area (Å²) in [6.45, 7) is 3.92. The minimum Gasteiger partial charge on any atom is -0.283 e. The van der Waals surface area contributed by atoms with Crippen LogP contribution in [0, 0.1) is 19.3 Å². The van der Waals surface area contributed by atoms with E-state index in [1.54, 1.807) is 4.68 Å². The van der Waals surface area contributed by atoms with Gasteiger partial charge in [0.1, 0.15) is 11.2 Å². The second kappa shape index (κ2) is 8.70. The van der Waals surface area contributed by atoms with Gasteiger partial charge < -0.3 is 0 Å². The molecule has 3 aromatic heterocycles. The van der Waals surface area contributed by atoms with Gasteiger partial charge in [0, 0.05) is 16.8 Å². The van der Waals surface area contributed by atoms with E-state index in [1.165, 1.54) is 0 Å². The third-order valence-electron chi connectivity index (χ3n) is 6.14. The molecule has 0 aliphatic rings. The van der Waals surface area contributed by atoms with Gasteiger partial charge in [-0.25, -0.2) is 4.68 Å². The quantitative estimate of drug-likeness (QED) is 0.373. The highest BCUT2D eigenvalue weighted by Crippen LogP contribution is 2.34. The van der Waals surface area contributed by atoms with Crippen LogP contribution in [0.2, 0.25) is 0 Å². The van der Waals surface area contributed by atoms with E-state index in [9.17, 15) is 5.41 Å². The predicted octanol–water partition coefficient (Wildman–Crippen LogP) is 5.43. The van der Waals surface area contributed by atoms with E-state index in [1.807, 2.05) is 115 Å². The van der Waals surface area contributed by atoms with Crippen LogP contribution in [0.15, 0.2) is 97.1 Å². The summed E-state index contributed by atoms with van der Waals surface area (Å²) < 4.78 is 3.58. The second-order valence-electron chi connectivity index (χ2n) is 8.62. The van der Waals surface area contributed by atoms with Crippen molar-refractivity contribution < 1.29 is 0 Å². The Morgan fingerprint density at radius 2 is 1.33 bits per heavy atom. The largest absolute Gasteiger partial charge is 0.283 e. The van der Waals surface area contributed by atoms with Crippen molar-refractivity contribution in [3.8, 4) is 34.0 Å². The van der Waals surface area contributed by atoms with E-state index in [-0.39, 0.29) is 5.49 Å². The van der Waals surface area contributed by atoms with E-state index < -0.39 is 0 Å². The van der Waals surface area contributed by atoms with Crippen molar-refractivity contribution in [3.05, 3.63) is 114 Å². The molecule has 0 radical (unpaired) electrons. The molecule has 3 aromatic carbocycles. The predicted molar refractivity (Wildman–Crippen MR) is 140 cm³/mol. The average Bonchev–Trinajstić information content (AvgIpc) is 3.26. The third kappa shape index (κ3) is 3.58. The molecule has 7 heteroatoms. The van der Waals surface area contributed by atoms with Crippen molar-refractivity contribution in [3.63, 3.8) is 0 Å². The number of hydrogen-bond donors (Lipinski definition) is 1. The number of aromatic nitrogens is 6. The zero-order valence-corrected chi connectivity index (χ0v) is 19.9. The van der Waals surface area contributed by atoms with E-state index in [0.717, 1.165) is 33.8 Å². The van der Waals surface area contributed by atoms with Crippen molar-refractivity contribution >= 4 is 11.0 Å². The molecule has 0 amide bonds. The van der Waals surface area contributed by atoms with Crippen LogP contribution in [0.3, 0.4) is 0 Å². The highest BCUT2D eigenvalue weighted by Gasteiger charge is 2.22. The zero-order chi connectivity index (χ0) is 24.6. The summed E-state index contributed by atoms with van der Waals surface area (Å²) in [4.78, 5) is 4.95. The molecule has 36 heavy (non-hydrogen) atoms. The Morgan fingerprint density at radius 3 is 1.94 bits per heavy atom. The van der Waals surface area contributed by atoms with Gasteiger partial charge in [-0.05, 0) is 37.6 Å². The van der Waals surface area contributed by atoms with Gasteiger partial charge in [0.15, 0.2) is 5.65 Å². The molecule has 0 unspecified atom stereocenters. The standard InChI is InChI=1S/C29H23N7/c1-19-18-20(2)36(34-19)29-31-28-25(27(30)35(29)23-16-10-5-11-17-23)24(21-12-6-3-7-13-21)26(32-33-28)22-14-8-4-9-15-22/h3-18,30H,1-2H3. The van der Waals surface area contributed by atoms with Gasteiger partial charge in [0.2, 0.25) is 5.95 Å². The fourth-order valence-corrected chi connectivity index (χ4v) is 4.57. The lowest BCUT2D eigenvalue weighted by atomic mass is 9.97. The molecule has 0 fully saturated rings. The van der Waals surface area contributed by atoms with Gasteiger partial charge in [0.05, 0.1) is 16.8 Å². The normalized spacial score (nSPS) is 11.2. The Hall–Kier alpha value is -4.91. The van der Waals surface area contributed by atoms with Gasteiger partial charge in [0.25, 0.3) is 0 Å². The highest BCUT2D eigenvalue weighted by atomic mass is 15.4. The monoisotopic (exact) mass is 469 g/mol. The van der Waals surface area contributed by atoms with Crippen LogP contribution < -0.4 is 5.49 Å². The molecule has 0 atom stereocenters. The number of rotatable bonds is 4. The maximum atomic E-state index is 9.51. The van der Waals surface area contributed by atoms with Crippen LogP contribution in [0.25, 0.3) is 45.1 Å². The first kappa shape index (κ1) is 21.6. The lowest BCUT2D eigenvalue weighted by molar-refractivity contribution is 0.724. The first-order valence-electron chi connectivity index (χ1n) is 11.7. The first-order chi connectivity index (χ1) is 17.6. The van der Waals surface area contributed by atoms with Crippen molar-refractivity contribution in [2.75, 3.05) is 0 Å². The van der Waals surface area contributed by atoms with Crippen molar-refractivity contribution in [1.29, 1.82) is 5.41 Å². The van der Waals surface area contributed by atoms with Crippen LogP contribution in [0.4, 0.5) is 0 Å². The summed E-state index contributed by atoms with van der Waals surface area (Å²) in [6, 6.07) is 31.8. The lowest BCUT2D eigenvalue weighted by Gasteiger charge is -2.18. The van der Waals surface area contributed by atoms with Crippen LogP contribution in [-0.2, 0) is 0 Å². The highest BCUT2D eigenvalue weighted by molar-refractivity contribution is 5.99. The van der Waals surface area contributed by atoms with Crippen molar-refractivity contribution in [2.45, 2.75) is 13.8 Å². The van der Waals surface area contributed by atoms with E-state index >= 15 is 0 Å². The van der Waals surface area contributed by atoms with E-state index in [2.05, 4.69) is 15.3 Å². The van der Waals surface area contributed by atoms with Gasteiger partial charge in [-0.2, -0.15) is 10.1 Å². The molecule has 0 aliphatic heterocycles. The minimum atomic E-state index is 0.264. The number of benzene rings is 3. The van der Waals surface area contributed by atoms with Crippen molar-refractivity contribution in [2.24, 2.45) is 0 Å². The van der Waals surface area contributed by atoms with Gasteiger partial charge >= 0.3 is 0 Å². The molecule has 174 valence electrons. The van der Waals surface area contributed by atoms with E-state index in [0.29, 0.717) is 22.7 Å². The molecule has 7 nitrogen and oxygen atoms in total. The Labute approximate surface area is 207 Å². The fraction of sp³-hybridized carbons (Fsp3) is 0.0690. The molecule has 0 spiro atoms. The average molecular weight is 470 g/mol. The molecule has 0 aliphatic carbocycles. The molecule has 6 rings (SSSR count). The van der Waals surface area contributed by atoms with Gasteiger partial charge in [-0.1, -0.05) is 78.9 Å². The number of hydrogen-bond acceptors (Lipinski definition) is 5. The Morgan fingerprint density at radius 1 is 0.722 bits per heavy atom. The Balaban J connectivity index is 1.79. The molecule has 1 N–H and O–H groups in total. The maximum absolute atomic E-state index is 9.51. The SMILES string of the molecule is Cc1cc(C)n(-c2nc3nnc(-c4ccccc4)c(-c4ccccc4)c3c(=N)n2-c2ccccc2)n1. The number of fused-ring (bicyclic) bond motifs is 1. The summed E-state index contributed by atoms with van der Waals surface area (Å²) in [5.74, 6) is 0.491. The number of aryl methyl sites for hydroxylation is 2. The summed E-state index contributed by atoms with van der Waals surface area (Å²) >= 11 is 0. The van der Waals surface area contributed by atoms with Gasteiger partial charge in [-0.15, -0.1) is 10.2 Å². The lowest BCUT2D eigenvalue weighted by Crippen LogP contribution is -2.27. The summed E-state index contributed by atoms with van der Waals surface area (Å²) in [5, 5.41) is 23.9. The number of nitrogens with zero attached hydrogens (tertiary/aromatic N) is 6. The molecule has 0 saturated carbocycles. The van der Waals surface area contributed by atoms with Crippen molar-refractivity contribution in [1.82, 2.24) is 29.5 Å².